The Morgan fingerprint density at radius 1 is 1.20 bits per heavy atom. The van der Waals surface area contributed by atoms with Crippen molar-refractivity contribution in [3.05, 3.63) is 17.8 Å². The number of fused-ring (bicyclic) bond motifs is 2. The van der Waals surface area contributed by atoms with E-state index < -0.39 is 5.92 Å². The molecule has 0 radical (unpaired) electrons. The zero-order valence-corrected chi connectivity index (χ0v) is 10.3. The molecule has 1 fully saturated rings. The average Bonchev–Trinajstić information content (AvgIpc) is 3.02. The molecule has 102 valence electrons. The van der Waals surface area contributed by atoms with E-state index in [4.69, 9.17) is 14.0 Å². The van der Waals surface area contributed by atoms with Crippen molar-refractivity contribution in [3.8, 4) is 11.5 Å². The van der Waals surface area contributed by atoms with Crippen LogP contribution < -0.4 is 14.8 Å². The summed E-state index contributed by atoms with van der Waals surface area (Å²) in [5.41, 5.74) is 1.07. The van der Waals surface area contributed by atoms with Gasteiger partial charge in [-0.2, -0.15) is 0 Å². The van der Waals surface area contributed by atoms with E-state index >= 15 is 0 Å². The molecule has 1 unspecified atom stereocenters. The molecule has 2 amide bonds. The fourth-order valence-corrected chi connectivity index (χ4v) is 2.55. The van der Waals surface area contributed by atoms with Crippen LogP contribution >= 0.6 is 0 Å². The van der Waals surface area contributed by atoms with Crippen LogP contribution in [-0.4, -0.2) is 23.8 Å². The Hall–Kier alpha value is -2.57. The van der Waals surface area contributed by atoms with Gasteiger partial charge in [0, 0.05) is 17.9 Å². The number of ether oxygens (including phenoxy) is 2. The van der Waals surface area contributed by atoms with Crippen molar-refractivity contribution < 1.29 is 23.6 Å². The maximum absolute atomic E-state index is 11.9. The quantitative estimate of drug-likeness (QED) is 0.782. The Balaban J connectivity index is 1.80. The van der Waals surface area contributed by atoms with Gasteiger partial charge in [-0.25, -0.2) is 0 Å². The van der Waals surface area contributed by atoms with E-state index in [1.807, 2.05) is 0 Å². The van der Waals surface area contributed by atoms with Crippen LogP contribution in [0.1, 0.15) is 24.5 Å². The van der Waals surface area contributed by atoms with Gasteiger partial charge in [-0.15, -0.1) is 0 Å². The minimum absolute atomic E-state index is 0.170. The molecule has 1 aromatic heterocycles. The van der Waals surface area contributed by atoms with E-state index in [2.05, 4.69) is 10.5 Å². The predicted octanol–water partition coefficient (Wildman–Crippen LogP) is 1.08. The van der Waals surface area contributed by atoms with Gasteiger partial charge in [0.15, 0.2) is 17.1 Å². The second kappa shape index (κ2) is 3.96. The summed E-state index contributed by atoms with van der Waals surface area (Å²) < 4.78 is 15.8. The molecule has 4 rings (SSSR count). The molecule has 7 heteroatoms. The average molecular weight is 274 g/mol. The third-order valence-corrected chi connectivity index (χ3v) is 3.56. The summed E-state index contributed by atoms with van der Waals surface area (Å²) in [5.74, 6) is 0.137. The number of amides is 2. The van der Waals surface area contributed by atoms with Crippen LogP contribution in [0, 0.1) is 0 Å². The van der Waals surface area contributed by atoms with Gasteiger partial charge in [-0.1, -0.05) is 5.16 Å². The Labute approximate surface area is 112 Å². The first-order valence-electron chi connectivity index (χ1n) is 6.25. The van der Waals surface area contributed by atoms with Crippen molar-refractivity contribution in [2.24, 2.45) is 0 Å². The number of hydrogen-bond donors (Lipinski definition) is 1. The number of benzene rings is 1. The van der Waals surface area contributed by atoms with E-state index in [-0.39, 0.29) is 18.6 Å². The van der Waals surface area contributed by atoms with E-state index in [0.29, 0.717) is 41.0 Å². The molecule has 2 aliphatic rings. The zero-order chi connectivity index (χ0) is 13.7. The van der Waals surface area contributed by atoms with Crippen LogP contribution in [0.15, 0.2) is 16.7 Å². The summed E-state index contributed by atoms with van der Waals surface area (Å²) >= 11 is 0. The third-order valence-electron chi connectivity index (χ3n) is 3.56. The van der Waals surface area contributed by atoms with Gasteiger partial charge in [0.1, 0.15) is 5.69 Å². The van der Waals surface area contributed by atoms with Gasteiger partial charge in [-0.05, 0) is 12.5 Å². The molecule has 1 atom stereocenters. The first-order valence-corrected chi connectivity index (χ1v) is 6.25. The summed E-state index contributed by atoms with van der Waals surface area (Å²) in [6.07, 6.45) is 0.732. The number of rotatable bonds is 1. The van der Waals surface area contributed by atoms with E-state index in [1.165, 1.54) is 0 Å². The maximum Gasteiger partial charge on any atom is 0.235 e. The molecule has 0 aliphatic carbocycles. The van der Waals surface area contributed by atoms with Crippen LogP contribution in [0.5, 0.6) is 11.5 Å². The molecule has 0 spiro atoms. The van der Waals surface area contributed by atoms with Gasteiger partial charge < -0.3 is 14.0 Å². The first-order chi connectivity index (χ1) is 9.72. The molecule has 1 saturated heterocycles. The SMILES string of the molecule is O=C1CCC(c2noc3cc4c(cc23)OCO4)C(=O)N1. The predicted molar refractivity (Wildman–Crippen MR) is 65.3 cm³/mol. The van der Waals surface area contributed by atoms with Crippen molar-refractivity contribution in [2.75, 3.05) is 6.79 Å². The number of aromatic nitrogens is 1. The normalized spacial score (nSPS) is 21.3. The van der Waals surface area contributed by atoms with Crippen molar-refractivity contribution in [2.45, 2.75) is 18.8 Å². The maximum atomic E-state index is 11.9. The van der Waals surface area contributed by atoms with Gasteiger partial charge in [0.25, 0.3) is 0 Å². The third kappa shape index (κ3) is 1.56. The number of hydrogen-bond acceptors (Lipinski definition) is 6. The van der Waals surface area contributed by atoms with Crippen LogP contribution in [-0.2, 0) is 9.59 Å². The molecule has 0 saturated carbocycles. The van der Waals surface area contributed by atoms with Gasteiger partial charge in [-0.3, -0.25) is 14.9 Å². The van der Waals surface area contributed by atoms with E-state index in [9.17, 15) is 9.59 Å². The van der Waals surface area contributed by atoms with Gasteiger partial charge in [0.05, 0.1) is 5.92 Å². The summed E-state index contributed by atoms with van der Waals surface area (Å²) in [5, 5.41) is 7.01. The van der Waals surface area contributed by atoms with Crippen LogP contribution in [0.3, 0.4) is 0 Å². The molecule has 2 aromatic rings. The molecule has 3 heterocycles. The van der Waals surface area contributed by atoms with Gasteiger partial charge >= 0.3 is 0 Å². The fraction of sp³-hybridized carbons (Fsp3) is 0.308. The molecule has 2 aliphatic heterocycles. The highest BCUT2D eigenvalue weighted by molar-refractivity contribution is 6.02. The zero-order valence-electron chi connectivity index (χ0n) is 10.3. The van der Waals surface area contributed by atoms with Crippen LogP contribution in [0.25, 0.3) is 11.0 Å². The summed E-state index contributed by atoms with van der Waals surface area (Å²) in [7, 11) is 0. The lowest BCUT2D eigenvalue weighted by Crippen LogP contribution is -2.39. The molecule has 1 aromatic carbocycles. The summed E-state index contributed by atoms with van der Waals surface area (Å²) in [6.45, 7) is 0.170. The largest absolute Gasteiger partial charge is 0.454 e. The summed E-state index contributed by atoms with van der Waals surface area (Å²) in [6, 6.07) is 3.45. The van der Waals surface area contributed by atoms with E-state index in [1.54, 1.807) is 12.1 Å². The van der Waals surface area contributed by atoms with Gasteiger partial charge in [0.2, 0.25) is 18.6 Å². The smallest absolute Gasteiger partial charge is 0.235 e. The van der Waals surface area contributed by atoms with Crippen molar-refractivity contribution >= 4 is 22.8 Å². The number of nitrogens with zero attached hydrogens (tertiary/aromatic N) is 1. The lowest BCUT2D eigenvalue weighted by atomic mass is 9.93. The molecular formula is C13H10N2O5. The number of nitrogens with one attached hydrogen (secondary N) is 1. The molecule has 1 N–H and O–H groups in total. The number of imide groups is 1. The highest BCUT2D eigenvalue weighted by Gasteiger charge is 2.32. The van der Waals surface area contributed by atoms with Crippen molar-refractivity contribution in [1.29, 1.82) is 0 Å². The Kier molecular flexibility index (Phi) is 2.23. The molecule has 20 heavy (non-hydrogen) atoms. The minimum Gasteiger partial charge on any atom is -0.454 e. The van der Waals surface area contributed by atoms with Crippen molar-refractivity contribution in [1.82, 2.24) is 10.5 Å². The molecule has 0 bridgehead atoms. The standard InChI is InChI=1S/C13H10N2O5/c16-11-2-1-6(13(17)14-11)12-7-3-9-10(19-5-18-9)4-8(7)20-15-12/h3-4,6H,1-2,5H2,(H,14,16,17). The molecule has 7 nitrogen and oxygen atoms in total. The first kappa shape index (κ1) is 11.3. The highest BCUT2D eigenvalue weighted by atomic mass is 16.7. The minimum atomic E-state index is -0.477. The number of piperidine rings is 1. The van der Waals surface area contributed by atoms with Crippen LogP contribution in [0.2, 0.25) is 0 Å². The second-order valence-electron chi connectivity index (χ2n) is 4.77. The second-order valence-corrected chi connectivity index (χ2v) is 4.77. The Morgan fingerprint density at radius 2 is 2.00 bits per heavy atom. The van der Waals surface area contributed by atoms with Crippen LogP contribution in [0.4, 0.5) is 0 Å². The number of carbonyl (C=O) groups is 2. The fourth-order valence-electron chi connectivity index (χ4n) is 2.55. The Morgan fingerprint density at radius 3 is 2.80 bits per heavy atom. The van der Waals surface area contributed by atoms with E-state index in [0.717, 1.165) is 0 Å². The lowest BCUT2D eigenvalue weighted by Gasteiger charge is -2.18. The highest BCUT2D eigenvalue weighted by Crippen LogP contribution is 2.39. The lowest BCUT2D eigenvalue weighted by molar-refractivity contribution is -0.134. The summed E-state index contributed by atoms with van der Waals surface area (Å²) in [4.78, 5) is 23.1. The molecular weight excluding hydrogens is 264 g/mol. The monoisotopic (exact) mass is 274 g/mol. The Bertz CT molecular complexity index is 736. The topological polar surface area (TPSA) is 90.7 Å². The van der Waals surface area contributed by atoms with Crippen molar-refractivity contribution in [3.63, 3.8) is 0 Å². The number of carbonyl (C=O) groups excluding carboxylic acids is 2.